The first kappa shape index (κ1) is 16.0. The average molecular weight is 310 g/mol. The van der Waals surface area contributed by atoms with Gasteiger partial charge in [0.15, 0.2) is 6.04 Å². The number of rotatable bonds is 7. The molecule has 2 rings (SSSR count). The van der Waals surface area contributed by atoms with E-state index in [0.717, 1.165) is 42.5 Å². The van der Waals surface area contributed by atoms with Gasteiger partial charge in [-0.05, 0) is 42.8 Å². The van der Waals surface area contributed by atoms with Gasteiger partial charge in [0.05, 0.1) is 0 Å². The minimum atomic E-state index is -0.939. The van der Waals surface area contributed by atoms with Crippen LogP contribution in [0, 0.1) is 0 Å². The second kappa shape index (κ2) is 7.56. The van der Waals surface area contributed by atoms with Crippen LogP contribution in [0.3, 0.4) is 0 Å². The van der Waals surface area contributed by atoms with Crippen molar-refractivity contribution in [3.05, 3.63) is 21.9 Å². The van der Waals surface area contributed by atoms with E-state index in [0.29, 0.717) is 19.5 Å². The quantitative estimate of drug-likeness (QED) is 0.756. The summed E-state index contributed by atoms with van der Waals surface area (Å²) in [6.07, 6.45) is 4.97. The lowest BCUT2D eigenvalue weighted by Crippen LogP contribution is -2.42. The fourth-order valence-electron chi connectivity index (χ4n) is 2.77. The van der Waals surface area contributed by atoms with Crippen LogP contribution in [-0.2, 0) is 16.0 Å². The van der Waals surface area contributed by atoms with Crippen molar-refractivity contribution in [3.8, 4) is 0 Å². The van der Waals surface area contributed by atoms with E-state index in [4.69, 9.17) is 5.73 Å². The third-order valence-corrected chi connectivity index (χ3v) is 4.86. The predicted molar refractivity (Wildman–Crippen MR) is 82.3 cm³/mol. The van der Waals surface area contributed by atoms with Crippen molar-refractivity contribution in [1.29, 1.82) is 0 Å². The fraction of sp³-hybridized carbons (Fsp3) is 0.600. The largest absolute Gasteiger partial charge is 0.479 e. The molecule has 3 N–H and O–H groups in total. The van der Waals surface area contributed by atoms with Gasteiger partial charge in [0.25, 0.3) is 0 Å². The molecule has 1 aromatic heterocycles. The molecule has 1 unspecified atom stereocenters. The lowest BCUT2D eigenvalue weighted by atomic mass is 9.99. The Morgan fingerprint density at radius 1 is 1.33 bits per heavy atom. The van der Waals surface area contributed by atoms with Crippen LogP contribution >= 0.6 is 11.3 Å². The molecule has 0 fully saturated rings. The molecular formula is C15H22N2O3S. The highest BCUT2D eigenvalue weighted by Crippen LogP contribution is 2.33. The summed E-state index contributed by atoms with van der Waals surface area (Å²) in [5, 5.41) is 11.4. The monoisotopic (exact) mass is 310 g/mol. The smallest absolute Gasteiger partial charge is 0.331 e. The molecule has 0 aliphatic carbocycles. The average Bonchev–Trinajstić information content (AvgIpc) is 2.93. The lowest BCUT2D eigenvalue weighted by Gasteiger charge is -2.33. The molecule has 1 amide bonds. The number of thiophene rings is 1. The van der Waals surface area contributed by atoms with Gasteiger partial charge in [-0.25, -0.2) is 4.79 Å². The number of carbonyl (C=O) groups excluding carboxylic acids is 1. The first-order valence-corrected chi connectivity index (χ1v) is 8.31. The number of unbranched alkanes of at least 4 members (excludes halogenated alkanes) is 3. The summed E-state index contributed by atoms with van der Waals surface area (Å²) in [6, 6.07) is 1.02. The molecule has 116 valence electrons. The Morgan fingerprint density at radius 3 is 2.81 bits per heavy atom. The molecular weight excluding hydrogens is 288 g/mol. The summed E-state index contributed by atoms with van der Waals surface area (Å²) >= 11 is 1.57. The van der Waals surface area contributed by atoms with Crippen LogP contribution in [0.25, 0.3) is 0 Å². The van der Waals surface area contributed by atoms with E-state index < -0.39 is 12.0 Å². The zero-order valence-corrected chi connectivity index (χ0v) is 12.9. The number of hydrogen-bond donors (Lipinski definition) is 2. The Bertz CT molecular complexity index is 501. The molecule has 21 heavy (non-hydrogen) atoms. The third kappa shape index (κ3) is 3.83. The first-order chi connectivity index (χ1) is 10.1. The van der Waals surface area contributed by atoms with Gasteiger partial charge in [-0.2, -0.15) is 0 Å². The molecule has 1 atom stereocenters. The molecule has 2 heterocycles. The SMILES string of the molecule is NCCCCCCC(=O)N1CCc2sccc2C1C(=O)O. The van der Waals surface area contributed by atoms with Crippen molar-refractivity contribution in [2.24, 2.45) is 5.73 Å². The minimum Gasteiger partial charge on any atom is -0.479 e. The van der Waals surface area contributed by atoms with E-state index in [1.165, 1.54) is 4.90 Å². The summed E-state index contributed by atoms with van der Waals surface area (Å²) in [5.41, 5.74) is 6.22. The molecule has 0 radical (unpaired) electrons. The fourth-order valence-corrected chi connectivity index (χ4v) is 3.67. The normalized spacial score (nSPS) is 17.6. The van der Waals surface area contributed by atoms with Crippen LogP contribution in [-0.4, -0.2) is 35.0 Å². The van der Waals surface area contributed by atoms with Crippen molar-refractivity contribution in [3.63, 3.8) is 0 Å². The summed E-state index contributed by atoms with van der Waals surface area (Å²) in [5.74, 6) is -0.988. The number of aliphatic carboxylic acids is 1. The predicted octanol–water partition coefficient (Wildman–Crippen LogP) is 2.17. The van der Waals surface area contributed by atoms with E-state index in [9.17, 15) is 14.7 Å². The van der Waals surface area contributed by atoms with Crippen molar-refractivity contribution in [1.82, 2.24) is 4.90 Å². The second-order valence-corrected chi connectivity index (χ2v) is 6.33. The topological polar surface area (TPSA) is 83.6 Å². The van der Waals surface area contributed by atoms with Crippen LogP contribution in [0.4, 0.5) is 0 Å². The molecule has 0 aromatic carbocycles. The van der Waals surface area contributed by atoms with Crippen molar-refractivity contribution < 1.29 is 14.7 Å². The lowest BCUT2D eigenvalue weighted by molar-refractivity contribution is -0.151. The number of hydrogen-bond acceptors (Lipinski definition) is 4. The minimum absolute atomic E-state index is 0.0491. The summed E-state index contributed by atoms with van der Waals surface area (Å²) in [6.45, 7) is 1.19. The van der Waals surface area contributed by atoms with Gasteiger partial charge in [-0.3, -0.25) is 4.79 Å². The van der Waals surface area contributed by atoms with Gasteiger partial charge < -0.3 is 15.7 Å². The van der Waals surface area contributed by atoms with Crippen LogP contribution in [0.15, 0.2) is 11.4 Å². The van der Waals surface area contributed by atoms with E-state index in [2.05, 4.69) is 0 Å². The van der Waals surface area contributed by atoms with E-state index in [1.54, 1.807) is 11.3 Å². The molecule has 1 aliphatic heterocycles. The molecule has 1 aromatic rings. The van der Waals surface area contributed by atoms with Crippen LogP contribution < -0.4 is 5.73 Å². The van der Waals surface area contributed by atoms with E-state index in [-0.39, 0.29) is 5.91 Å². The summed E-state index contributed by atoms with van der Waals surface area (Å²) in [4.78, 5) is 26.5. The molecule has 1 aliphatic rings. The van der Waals surface area contributed by atoms with Crippen molar-refractivity contribution >= 4 is 23.2 Å². The van der Waals surface area contributed by atoms with E-state index in [1.807, 2.05) is 11.4 Å². The molecule has 6 heteroatoms. The summed E-state index contributed by atoms with van der Waals surface area (Å²) in [7, 11) is 0. The zero-order chi connectivity index (χ0) is 15.2. The van der Waals surface area contributed by atoms with E-state index >= 15 is 0 Å². The van der Waals surface area contributed by atoms with Crippen LogP contribution in [0.5, 0.6) is 0 Å². The standard InChI is InChI=1S/C15H22N2O3S/c16-8-4-2-1-3-5-13(18)17-9-6-12-11(7-10-21-12)14(17)15(19)20/h7,10,14H,1-6,8-9,16H2,(H,19,20). The second-order valence-electron chi connectivity index (χ2n) is 5.33. The maximum atomic E-state index is 12.3. The Morgan fingerprint density at radius 2 is 2.10 bits per heavy atom. The van der Waals surface area contributed by atoms with Crippen LogP contribution in [0.1, 0.15) is 48.6 Å². The molecule has 0 saturated carbocycles. The Hall–Kier alpha value is -1.40. The van der Waals surface area contributed by atoms with Gasteiger partial charge in [-0.1, -0.05) is 12.8 Å². The number of carboxylic acid groups (broad SMARTS) is 1. The zero-order valence-electron chi connectivity index (χ0n) is 12.1. The number of carboxylic acids is 1. The first-order valence-electron chi connectivity index (χ1n) is 7.43. The molecule has 5 nitrogen and oxygen atoms in total. The highest BCUT2D eigenvalue weighted by molar-refractivity contribution is 7.10. The van der Waals surface area contributed by atoms with Gasteiger partial charge in [0.1, 0.15) is 0 Å². The van der Waals surface area contributed by atoms with Gasteiger partial charge in [-0.15, -0.1) is 11.3 Å². The number of nitrogens with two attached hydrogens (primary N) is 1. The van der Waals surface area contributed by atoms with Gasteiger partial charge in [0, 0.05) is 17.8 Å². The summed E-state index contributed by atoms with van der Waals surface area (Å²) < 4.78 is 0. The number of nitrogens with zero attached hydrogens (tertiary/aromatic N) is 1. The van der Waals surface area contributed by atoms with Crippen molar-refractivity contribution in [2.75, 3.05) is 13.1 Å². The Kier molecular flexibility index (Phi) is 5.76. The Balaban J connectivity index is 1.95. The highest BCUT2D eigenvalue weighted by atomic mass is 32.1. The van der Waals surface area contributed by atoms with Gasteiger partial charge >= 0.3 is 5.97 Å². The molecule has 0 bridgehead atoms. The maximum absolute atomic E-state index is 12.3. The van der Waals surface area contributed by atoms with Crippen molar-refractivity contribution in [2.45, 2.75) is 44.6 Å². The Labute approximate surface area is 128 Å². The number of fused-ring (bicyclic) bond motifs is 1. The third-order valence-electron chi connectivity index (χ3n) is 3.86. The van der Waals surface area contributed by atoms with Crippen LogP contribution in [0.2, 0.25) is 0 Å². The van der Waals surface area contributed by atoms with Gasteiger partial charge in [0.2, 0.25) is 5.91 Å². The number of amides is 1. The molecule has 0 spiro atoms. The molecule has 0 saturated heterocycles. The number of carbonyl (C=O) groups is 2. The highest BCUT2D eigenvalue weighted by Gasteiger charge is 2.36. The maximum Gasteiger partial charge on any atom is 0.331 e.